The van der Waals surface area contributed by atoms with Crippen molar-refractivity contribution in [3.05, 3.63) is 40.4 Å². The quantitative estimate of drug-likeness (QED) is 0.743. The Morgan fingerprint density at radius 1 is 1.38 bits per heavy atom. The molecule has 0 bridgehead atoms. The van der Waals surface area contributed by atoms with Gasteiger partial charge in [0.05, 0.1) is 11.6 Å². The van der Waals surface area contributed by atoms with E-state index >= 15 is 0 Å². The molecule has 5 nitrogen and oxygen atoms in total. The highest BCUT2D eigenvalue weighted by atomic mass is 79.9. The van der Waals surface area contributed by atoms with Gasteiger partial charge in [0.15, 0.2) is 0 Å². The van der Waals surface area contributed by atoms with Gasteiger partial charge in [-0.3, -0.25) is 9.59 Å². The first-order chi connectivity index (χ1) is 11.1. The number of anilines is 1. The van der Waals surface area contributed by atoms with Crippen molar-refractivity contribution >= 4 is 45.8 Å². The Bertz CT molecular complexity index is 650. The van der Waals surface area contributed by atoms with Crippen LogP contribution in [0.1, 0.15) is 12.8 Å². The predicted octanol–water partition coefficient (Wildman–Crippen LogP) is 2.26. The average molecular weight is 415 g/mol. The third kappa shape index (κ3) is 4.37. The number of rotatable bonds is 4. The fraction of sp³-hybridized carbons (Fsp3) is 0.412. The van der Waals surface area contributed by atoms with Crippen molar-refractivity contribution in [2.24, 2.45) is 5.92 Å². The van der Waals surface area contributed by atoms with Crippen molar-refractivity contribution in [2.75, 3.05) is 31.1 Å². The van der Waals surface area contributed by atoms with E-state index in [9.17, 15) is 9.59 Å². The van der Waals surface area contributed by atoms with Crippen LogP contribution in [0, 0.1) is 5.92 Å². The van der Waals surface area contributed by atoms with Crippen molar-refractivity contribution in [3.8, 4) is 0 Å². The smallest absolute Gasteiger partial charge is 0.227 e. The van der Waals surface area contributed by atoms with Crippen LogP contribution in [0.15, 0.2) is 40.4 Å². The molecule has 1 unspecified atom stereocenters. The van der Waals surface area contributed by atoms with E-state index in [-0.39, 0.29) is 36.6 Å². The number of para-hydroxylation sites is 1. The second-order valence-electron chi connectivity index (χ2n) is 5.89. The van der Waals surface area contributed by atoms with Crippen molar-refractivity contribution in [3.63, 3.8) is 0 Å². The van der Waals surface area contributed by atoms with E-state index < -0.39 is 0 Å². The second-order valence-corrected chi connectivity index (χ2v) is 6.75. The number of hydrogen-bond donors (Lipinski definition) is 2. The third-order valence-corrected chi connectivity index (χ3v) is 4.96. The minimum absolute atomic E-state index is 0. The highest BCUT2D eigenvalue weighted by molar-refractivity contribution is 9.10. The fourth-order valence-electron chi connectivity index (χ4n) is 2.96. The van der Waals surface area contributed by atoms with Gasteiger partial charge < -0.3 is 15.5 Å². The van der Waals surface area contributed by atoms with Gasteiger partial charge in [0, 0.05) is 30.5 Å². The Morgan fingerprint density at radius 3 is 2.88 bits per heavy atom. The van der Waals surface area contributed by atoms with Crippen molar-refractivity contribution in [1.82, 2.24) is 10.6 Å². The first-order valence-electron chi connectivity index (χ1n) is 7.86. The molecule has 2 amide bonds. The van der Waals surface area contributed by atoms with Gasteiger partial charge in [-0.1, -0.05) is 23.8 Å². The van der Waals surface area contributed by atoms with Gasteiger partial charge in [0.25, 0.3) is 0 Å². The lowest BCUT2D eigenvalue weighted by Gasteiger charge is -2.19. The van der Waals surface area contributed by atoms with Crippen LogP contribution >= 0.6 is 28.3 Å². The van der Waals surface area contributed by atoms with E-state index in [4.69, 9.17) is 0 Å². The van der Waals surface area contributed by atoms with E-state index in [0.29, 0.717) is 13.1 Å². The lowest BCUT2D eigenvalue weighted by molar-refractivity contribution is -0.126. The van der Waals surface area contributed by atoms with Crippen LogP contribution in [0.3, 0.4) is 0 Å². The number of nitrogens with one attached hydrogen (secondary N) is 2. The maximum atomic E-state index is 12.4. The number of halogens is 2. The molecule has 130 valence electrons. The number of hydrogen-bond acceptors (Lipinski definition) is 3. The molecule has 2 N–H and O–H groups in total. The van der Waals surface area contributed by atoms with Crippen molar-refractivity contribution in [1.29, 1.82) is 0 Å². The molecule has 2 aliphatic rings. The van der Waals surface area contributed by atoms with Crippen LogP contribution in [-0.2, 0) is 9.59 Å². The van der Waals surface area contributed by atoms with Gasteiger partial charge in [-0.25, -0.2) is 0 Å². The SMILES string of the molecule is Cl.O=C(NCC1=CCNCC1)C1CC(=O)N(c2ccccc2Br)C1. The molecule has 0 aromatic heterocycles. The standard InChI is InChI=1S/C17H20BrN3O2.ClH/c18-14-3-1-2-4-15(14)21-11-13(9-16(21)22)17(23)20-10-12-5-7-19-8-6-12;/h1-5,13,19H,6-11H2,(H,20,23);1H. The number of amides is 2. The monoisotopic (exact) mass is 413 g/mol. The Labute approximate surface area is 156 Å². The average Bonchev–Trinajstić information content (AvgIpc) is 2.96. The molecular formula is C17H21BrClN3O2. The van der Waals surface area contributed by atoms with E-state index in [1.807, 2.05) is 24.3 Å². The van der Waals surface area contributed by atoms with Crippen LogP contribution in [0.25, 0.3) is 0 Å². The highest BCUT2D eigenvalue weighted by Crippen LogP contribution is 2.31. The lowest BCUT2D eigenvalue weighted by atomic mass is 10.1. The van der Waals surface area contributed by atoms with E-state index in [1.54, 1.807) is 4.90 Å². The zero-order chi connectivity index (χ0) is 16.2. The molecule has 2 heterocycles. The predicted molar refractivity (Wildman–Crippen MR) is 100 cm³/mol. The minimum Gasteiger partial charge on any atom is -0.352 e. The summed E-state index contributed by atoms with van der Waals surface area (Å²) in [5.74, 6) is -0.317. The largest absolute Gasteiger partial charge is 0.352 e. The highest BCUT2D eigenvalue weighted by Gasteiger charge is 2.35. The van der Waals surface area contributed by atoms with Crippen LogP contribution in [0.2, 0.25) is 0 Å². The number of benzene rings is 1. The fourth-order valence-corrected chi connectivity index (χ4v) is 3.46. The number of carbonyl (C=O) groups is 2. The molecule has 1 atom stereocenters. The summed E-state index contributed by atoms with van der Waals surface area (Å²) in [5.41, 5.74) is 2.08. The molecule has 0 aliphatic carbocycles. The molecule has 1 aromatic carbocycles. The molecule has 1 saturated heterocycles. The van der Waals surface area contributed by atoms with Crippen LogP contribution in [0.4, 0.5) is 5.69 Å². The summed E-state index contributed by atoms with van der Waals surface area (Å²) in [6.07, 6.45) is 3.36. The van der Waals surface area contributed by atoms with Gasteiger partial charge in [-0.05, 0) is 41.0 Å². The maximum Gasteiger partial charge on any atom is 0.227 e. The molecule has 1 fully saturated rings. The summed E-state index contributed by atoms with van der Waals surface area (Å²) >= 11 is 3.47. The summed E-state index contributed by atoms with van der Waals surface area (Å²) in [7, 11) is 0. The van der Waals surface area contributed by atoms with Gasteiger partial charge in [-0.15, -0.1) is 12.4 Å². The molecule has 24 heavy (non-hydrogen) atoms. The first-order valence-corrected chi connectivity index (χ1v) is 8.65. The van der Waals surface area contributed by atoms with Crippen molar-refractivity contribution < 1.29 is 9.59 Å². The Kier molecular flexibility index (Phi) is 6.83. The second kappa shape index (κ2) is 8.65. The van der Waals surface area contributed by atoms with Crippen LogP contribution in [-0.4, -0.2) is 38.0 Å². The zero-order valence-corrected chi connectivity index (χ0v) is 15.7. The molecule has 0 radical (unpaired) electrons. The maximum absolute atomic E-state index is 12.4. The Hall–Kier alpha value is -1.37. The topological polar surface area (TPSA) is 61.4 Å². The Morgan fingerprint density at radius 2 is 2.17 bits per heavy atom. The molecular weight excluding hydrogens is 394 g/mol. The summed E-state index contributed by atoms with van der Waals surface area (Å²) in [4.78, 5) is 26.3. The van der Waals surface area contributed by atoms with E-state index in [2.05, 4.69) is 32.6 Å². The van der Waals surface area contributed by atoms with Gasteiger partial charge in [0.1, 0.15) is 0 Å². The number of nitrogens with zero attached hydrogens (tertiary/aromatic N) is 1. The molecule has 1 aromatic rings. The lowest BCUT2D eigenvalue weighted by Crippen LogP contribution is -2.35. The van der Waals surface area contributed by atoms with Gasteiger partial charge >= 0.3 is 0 Å². The van der Waals surface area contributed by atoms with Gasteiger partial charge in [0.2, 0.25) is 11.8 Å². The molecule has 2 aliphatic heterocycles. The van der Waals surface area contributed by atoms with E-state index in [0.717, 1.165) is 29.7 Å². The summed E-state index contributed by atoms with van der Waals surface area (Å²) in [5, 5.41) is 6.22. The summed E-state index contributed by atoms with van der Waals surface area (Å²) in [6.45, 7) is 2.84. The van der Waals surface area contributed by atoms with Gasteiger partial charge in [-0.2, -0.15) is 0 Å². The minimum atomic E-state index is -0.281. The third-order valence-electron chi connectivity index (χ3n) is 4.29. The van der Waals surface area contributed by atoms with Crippen LogP contribution in [0.5, 0.6) is 0 Å². The van der Waals surface area contributed by atoms with E-state index in [1.165, 1.54) is 5.57 Å². The summed E-state index contributed by atoms with van der Waals surface area (Å²) < 4.78 is 0.870. The zero-order valence-electron chi connectivity index (χ0n) is 13.3. The molecule has 0 saturated carbocycles. The van der Waals surface area contributed by atoms with Crippen LogP contribution < -0.4 is 15.5 Å². The summed E-state index contributed by atoms with van der Waals surface area (Å²) in [6, 6.07) is 7.59. The Balaban J connectivity index is 0.00000208. The molecule has 3 rings (SSSR count). The first kappa shape index (κ1) is 19.0. The molecule has 7 heteroatoms. The normalized spacial score (nSPS) is 20.4. The van der Waals surface area contributed by atoms with Crippen molar-refractivity contribution in [2.45, 2.75) is 12.8 Å². The molecule has 0 spiro atoms. The number of carbonyl (C=O) groups excluding carboxylic acids is 2.